The summed E-state index contributed by atoms with van der Waals surface area (Å²) in [5.74, 6) is 0.230. The molecule has 0 spiro atoms. The monoisotopic (exact) mass is 202 g/mol. The highest BCUT2D eigenvalue weighted by molar-refractivity contribution is 8.01. The molecule has 0 saturated carbocycles. The second-order valence-corrected chi connectivity index (χ2v) is 6.16. The summed E-state index contributed by atoms with van der Waals surface area (Å²) < 4.78 is 0. The molecule has 1 amide bonds. The van der Waals surface area contributed by atoms with E-state index in [4.69, 9.17) is 5.73 Å². The Kier molecular flexibility index (Phi) is 2.92. The van der Waals surface area contributed by atoms with Gasteiger partial charge in [0.05, 0.1) is 10.9 Å². The number of hydrogen-bond donors (Lipinski definition) is 2. The van der Waals surface area contributed by atoms with Crippen molar-refractivity contribution in [3.63, 3.8) is 0 Å². The Morgan fingerprint density at radius 3 is 2.38 bits per heavy atom. The molecule has 3 N–H and O–H groups in total. The van der Waals surface area contributed by atoms with Gasteiger partial charge in [0, 0.05) is 5.25 Å². The van der Waals surface area contributed by atoms with E-state index in [1.807, 2.05) is 0 Å². The van der Waals surface area contributed by atoms with E-state index in [9.17, 15) is 4.79 Å². The minimum Gasteiger partial charge on any atom is -0.368 e. The fourth-order valence-electron chi connectivity index (χ4n) is 1.65. The number of carbonyl (C=O) groups is 1. The Balaban J connectivity index is 2.77. The zero-order valence-corrected chi connectivity index (χ0v) is 9.44. The summed E-state index contributed by atoms with van der Waals surface area (Å²) in [5.41, 5.74) is 5.33. The Morgan fingerprint density at radius 1 is 1.54 bits per heavy atom. The predicted octanol–water partition coefficient (Wildman–Crippen LogP) is 0.937. The second-order valence-electron chi connectivity index (χ2n) is 4.36. The van der Waals surface area contributed by atoms with Crippen molar-refractivity contribution in [3.8, 4) is 0 Å². The molecule has 1 saturated heterocycles. The molecule has 3 nitrogen and oxygen atoms in total. The van der Waals surface area contributed by atoms with Crippen molar-refractivity contribution in [3.05, 3.63) is 0 Å². The van der Waals surface area contributed by atoms with Gasteiger partial charge in [-0.3, -0.25) is 10.1 Å². The number of carbonyl (C=O) groups excluding carboxylic acids is 1. The molecule has 1 heterocycles. The van der Waals surface area contributed by atoms with Crippen LogP contribution in [0.2, 0.25) is 0 Å². The Hall–Kier alpha value is -0.220. The van der Waals surface area contributed by atoms with E-state index in [2.05, 4.69) is 33.0 Å². The van der Waals surface area contributed by atoms with Crippen LogP contribution in [0.5, 0.6) is 0 Å². The summed E-state index contributed by atoms with van der Waals surface area (Å²) in [6.07, 6.45) is 0. The van der Waals surface area contributed by atoms with Gasteiger partial charge in [0.2, 0.25) is 5.91 Å². The Labute approximate surface area is 83.8 Å². The van der Waals surface area contributed by atoms with Crippen molar-refractivity contribution < 1.29 is 4.79 Å². The number of nitrogens with one attached hydrogen (secondary N) is 1. The molecular formula is C9H18N2OS. The fraction of sp³-hybridized carbons (Fsp3) is 0.889. The van der Waals surface area contributed by atoms with Crippen LogP contribution in [-0.2, 0) is 4.79 Å². The molecule has 0 aromatic carbocycles. The highest BCUT2D eigenvalue weighted by atomic mass is 32.2. The molecule has 0 aromatic rings. The summed E-state index contributed by atoms with van der Waals surface area (Å²) in [6, 6.07) is -0.181. The van der Waals surface area contributed by atoms with Crippen LogP contribution in [-0.4, -0.2) is 22.1 Å². The van der Waals surface area contributed by atoms with Crippen LogP contribution in [0.15, 0.2) is 0 Å². The molecule has 1 aliphatic heterocycles. The molecule has 1 rings (SSSR count). The van der Waals surface area contributed by atoms with Gasteiger partial charge in [0.15, 0.2) is 0 Å². The molecule has 1 aliphatic rings. The summed E-state index contributed by atoms with van der Waals surface area (Å²) in [4.78, 5) is 11.1. The maximum absolute atomic E-state index is 11.2. The number of nitrogens with two attached hydrogens (primary N) is 1. The van der Waals surface area contributed by atoms with Crippen LogP contribution < -0.4 is 11.1 Å². The van der Waals surface area contributed by atoms with Gasteiger partial charge in [-0.1, -0.05) is 13.8 Å². The maximum atomic E-state index is 11.2. The Morgan fingerprint density at radius 2 is 2.08 bits per heavy atom. The third-order valence-electron chi connectivity index (χ3n) is 2.23. The number of rotatable bonds is 2. The van der Waals surface area contributed by atoms with Gasteiger partial charge in [-0.2, -0.15) is 0 Å². The lowest BCUT2D eigenvalue weighted by atomic mass is 10.0. The topological polar surface area (TPSA) is 55.1 Å². The molecule has 2 atom stereocenters. The molecule has 4 heteroatoms. The average Bonchev–Trinajstić information content (AvgIpc) is 2.26. The number of amides is 1. The Bertz CT molecular complexity index is 216. The summed E-state index contributed by atoms with van der Waals surface area (Å²) in [7, 11) is 0. The van der Waals surface area contributed by atoms with Crippen LogP contribution in [0, 0.1) is 5.92 Å². The average molecular weight is 202 g/mol. The normalized spacial score (nSPS) is 32.4. The van der Waals surface area contributed by atoms with Crippen LogP contribution >= 0.6 is 11.8 Å². The van der Waals surface area contributed by atoms with Crippen LogP contribution in [0.1, 0.15) is 27.7 Å². The summed E-state index contributed by atoms with van der Waals surface area (Å²) in [5, 5.41) is 3.55. The highest BCUT2D eigenvalue weighted by Gasteiger charge is 2.43. The maximum Gasteiger partial charge on any atom is 0.235 e. The molecular weight excluding hydrogens is 184 g/mol. The third kappa shape index (κ3) is 2.38. The van der Waals surface area contributed by atoms with Crippen molar-refractivity contribution in [2.45, 2.75) is 43.9 Å². The van der Waals surface area contributed by atoms with Gasteiger partial charge >= 0.3 is 0 Å². The van der Waals surface area contributed by atoms with E-state index < -0.39 is 0 Å². The van der Waals surface area contributed by atoms with Gasteiger partial charge in [0.1, 0.15) is 0 Å². The minimum atomic E-state index is -0.239. The molecule has 13 heavy (non-hydrogen) atoms. The van der Waals surface area contributed by atoms with E-state index in [0.29, 0.717) is 11.2 Å². The lowest BCUT2D eigenvalue weighted by Crippen LogP contribution is -2.47. The first kappa shape index (κ1) is 10.9. The van der Waals surface area contributed by atoms with Gasteiger partial charge in [-0.05, 0) is 19.8 Å². The zero-order chi connectivity index (χ0) is 10.2. The molecule has 2 unspecified atom stereocenters. The van der Waals surface area contributed by atoms with Crippen LogP contribution in [0.3, 0.4) is 0 Å². The van der Waals surface area contributed by atoms with E-state index in [0.717, 1.165) is 0 Å². The summed E-state index contributed by atoms with van der Waals surface area (Å²) in [6.45, 7) is 8.40. The number of primary amides is 1. The smallest absolute Gasteiger partial charge is 0.235 e. The van der Waals surface area contributed by atoms with Crippen molar-refractivity contribution in [2.24, 2.45) is 11.7 Å². The van der Waals surface area contributed by atoms with Crippen molar-refractivity contribution in [1.29, 1.82) is 0 Å². The van der Waals surface area contributed by atoms with Gasteiger partial charge in [-0.25, -0.2) is 0 Å². The second kappa shape index (κ2) is 3.50. The quantitative estimate of drug-likeness (QED) is 0.700. The fourth-order valence-corrected chi connectivity index (χ4v) is 3.14. The van der Waals surface area contributed by atoms with Crippen LogP contribution in [0.4, 0.5) is 0 Å². The predicted molar refractivity (Wildman–Crippen MR) is 56.4 cm³/mol. The van der Waals surface area contributed by atoms with E-state index in [-0.39, 0.29) is 16.8 Å². The van der Waals surface area contributed by atoms with E-state index >= 15 is 0 Å². The van der Waals surface area contributed by atoms with Crippen molar-refractivity contribution >= 4 is 17.7 Å². The minimum absolute atomic E-state index is 0.0331. The zero-order valence-electron chi connectivity index (χ0n) is 8.63. The van der Waals surface area contributed by atoms with Crippen molar-refractivity contribution in [1.82, 2.24) is 5.32 Å². The first-order valence-electron chi connectivity index (χ1n) is 4.58. The molecule has 1 fully saturated rings. The summed E-state index contributed by atoms with van der Waals surface area (Å²) >= 11 is 1.80. The van der Waals surface area contributed by atoms with Crippen molar-refractivity contribution in [2.75, 3.05) is 0 Å². The number of hydrogen-bond acceptors (Lipinski definition) is 3. The molecule has 76 valence electrons. The van der Waals surface area contributed by atoms with Gasteiger partial charge in [0.25, 0.3) is 0 Å². The van der Waals surface area contributed by atoms with Gasteiger partial charge < -0.3 is 5.73 Å². The molecule has 0 aromatic heterocycles. The highest BCUT2D eigenvalue weighted by Crippen LogP contribution is 2.39. The lowest BCUT2D eigenvalue weighted by molar-refractivity contribution is -0.120. The third-order valence-corrected chi connectivity index (χ3v) is 4.02. The molecule has 0 bridgehead atoms. The standard InChI is InChI=1S/C9H18N2OS/c1-5(2)7-6(8(10)12)11-9(3,4)13-7/h5-7,11H,1-4H3,(H2,10,12). The van der Waals surface area contributed by atoms with Crippen LogP contribution in [0.25, 0.3) is 0 Å². The largest absolute Gasteiger partial charge is 0.368 e. The first-order chi connectivity index (χ1) is 5.83. The van der Waals surface area contributed by atoms with E-state index in [1.165, 1.54) is 0 Å². The SMILES string of the molecule is CC(C)C1SC(C)(C)NC1C(N)=O. The lowest BCUT2D eigenvalue weighted by Gasteiger charge is -2.18. The number of thioether (sulfide) groups is 1. The first-order valence-corrected chi connectivity index (χ1v) is 5.46. The molecule has 0 radical (unpaired) electrons. The molecule has 0 aliphatic carbocycles. The van der Waals surface area contributed by atoms with Gasteiger partial charge in [-0.15, -0.1) is 11.8 Å². The van der Waals surface area contributed by atoms with E-state index in [1.54, 1.807) is 11.8 Å².